The number of benzene rings is 1. The smallest absolute Gasteiger partial charge is 0.270 e. The fourth-order valence-electron chi connectivity index (χ4n) is 2.69. The van der Waals surface area contributed by atoms with Crippen molar-refractivity contribution >= 4 is 17.3 Å². The van der Waals surface area contributed by atoms with Crippen LogP contribution in [0.1, 0.15) is 18.9 Å². The van der Waals surface area contributed by atoms with Crippen LogP contribution in [-0.2, 0) is 6.54 Å². The van der Waals surface area contributed by atoms with Crippen LogP contribution in [0.4, 0.5) is 5.69 Å². The van der Waals surface area contributed by atoms with Gasteiger partial charge in [0.1, 0.15) is 0 Å². The average molecular weight is 298 g/mol. The maximum Gasteiger partial charge on any atom is 0.270 e. The molecule has 0 bridgehead atoms. The van der Waals surface area contributed by atoms with Crippen molar-refractivity contribution in [2.24, 2.45) is 5.92 Å². The zero-order valence-electron chi connectivity index (χ0n) is 11.8. The van der Waals surface area contributed by atoms with Gasteiger partial charge in [0.2, 0.25) is 0 Å². The van der Waals surface area contributed by atoms with E-state index in [2.05, 4.69) is 24.2 Å². The van der Waals surface area contributed by atoms with Gasteiger partial charge >= 0.3 is 0 Å². The standard InChI is InChI=1S/C14H20ClN3O2/c1-10-9-17(2)6-5-14(10)16-8-11-3-4-12(18(19)20)7-13(11)15/h3-4,7,10,14,16H,5-6,8-9H2,1-2H3. The second-order valence-corrected chi connectivity index (χ2v) is 5.96. The summed E-state index contributed by atoms with van der Waals surface area (Å²) in [5.41, 5.74) is 0.940. The lowest BCUT2D eigenvalue weighted by atomic mass is 9.94. The van der Waals surface area contributed by atoms with E-state index < -0.39 is 4.92 Å². The largest absolute Gasteiger partial charge is 0.310 e. The number of nitrogens with one attached hydrogen (secondary N) is 1. The van der Waals surface area contributed by atoms with Crippen molar-refractivity contribution in [3.05, 3.63) is 38.9 Å². The molecule has 0 spiro atoms. The summed E-state index contributed by atoms with van der Waals surface area (Å²) in [4.78, 5) is 12.6. The number of hydrogen-bond acceptors (Lipinski definition) is 4. The van der Waals surface area contributed by atoms with Gasteiger partial charge in [0.05, 0.1) is 9.95 Å². The van der Waals surface area contributed by atoms with Crippen molar-refractivity contribution in [3.8, 4) is 0 Å². The lowest BCUT2D eigenvalue weighted by Gasteiger charge is -2.35. The molecule has 0 saturated carbocycles. The molecular formula is C14H20ClN3O2. The second-order valence-electron chi connectivity index (χ2n) is 5.55. The highest BCUT2D eigenvalue weighted by molar-refractivity contribution is 6.31. The summed E-state index contributed by atoms with van der Waals surface area (Å²) in [6.45, 7) is 5.07. The minimum Gasteiger partial charge on any atom is -0.310 e. The highest BCUT2D eigenvalue weighted by Gasteiger charge is 2.23. The third-order valence-corrected chi connectivity index (χ3v) is 4.26. The number of nitro groups is 1. The van der Waals surface area contributed by atoms with Crippen LogP contribution in [0.15, 0.2) is 18.2 Å². The molecule has 0 aliphatic carbocycles. The molecule has 1 fully saturated rings. The second kappa shape index (κ2) is 6.52. The summed E-state index contributed by atoms with van der Waals surface area (Å²) < 4.78 is 0. The number of non-ortho nitro benzene ring substituents is 1. The Kier molecular flexibility index (Phi) is 4.96. The van der Waals surface area contributed by atoms with E-state index >= 15 is 0 Å². The first-order valence-corrected chi connectivity index (χ1v) is 7.20. The molecule has 1 aliphatic heterocycles. The van der Waals surface area contributed by atoms with Crippen LogP contribution in [-0.4, -0.2) is 36.0 Å². The maximum atomic E-state index is 10.7. The van der Waals surface area contributed by atoms with E-state index in [1.54, 1.807) is 6.07 Å². The molecule has 6 heteroatoms. The number of nitrogens with zero attached hydrogens (tertiary/aromatic N) is 2. The highest BCUT2D eigenvalue weighted by Crippen LogP contribution is 2.23. The van der Waals surface area contributed by atoms with Crippen molar-refractivity contribution < 1.29 is 4.92 Å². The van der Waals surface area contributed by atoms with Crippen molar-refractivity contribution in [1.29, 1.82) is 0 Å². The molecule has 5 nitrogen and oxygen atoms in total. The molecule has 2 unspecified atom stereocenters. The Morgan fingerprint density at radius 3 is 2.90 bits per heavy atom. The maximum absolute atomic E-state index is 10.7. The quantitative estimate of drug-likeness (QED) is 0.686. The molecule has 0 amide bonds. The van der Waals surface area contributed by atoms with Crippen molar-refractivity contribution in [2.45, 2.75) is 25.9 Å². The monoisotopic (exact) mass is 297 g/mol. The summed E-state index contributed by atoms with van der Waals surface area (Å²) in [5, 5.41) is 14.6. The predicted molar refractivity (Wildman–Crippen MR) is 80.0 cm³/mol. The van der Waals surface area contributed by atoms with Gasteiger partial charge in [-0.15, -0.1) is 0 Å². The van der Waals surface area contributed by atoms with Crippen LogP contribution >= 0.6 is 11.6 Å². The Morgan fingerprint density at radius 1 is 1.55 bits per heavy atom. The summed E-state index contributed by atoms with van der Waals surface area (Å²) in [6, 6.07) is 5.11. The van der Waals surface area contributed by atoms with Gasteiger partial charge in [0.25, 0.3) is 5.69 Å². The number of halogens is 1. The molecule has 0 aromatic heterocycles. The Morgan fingerprint density at radius 2 is 2.30 bits per heavy atom. The molecule has 1 aromatic rings. The van der Waals surface area contributed by atoms with Crippen LogP contribution < -0.4 is 5.32 Å². The van der Waals surface area contributed by atoms with E-state index in [1.807, 2.05) is 0 Å². The van der Waals surface area contributed by atoms with Crippen LogP contribution in [0.2, 0.25) is 5.02 Å². The molecule has 1 aliphatic rings. The van der Waals surface area contributed by atoms with E-state index in [-0.39, 0.29) is 5.69 Å². The van der Waals surface area contributed by atoms with Gasteiger partial charge in [-0.1, -0.05) is 18.5 Å². The number of rotatable bonds is 4. The number of likely N-dealkylation sites (tertiary alicyclic amines) is 1. The zero-order valence-corrected chi connectivity index (χ0v) is 12.6. The van der Waals surface area contributed by atoms with Gasteiger partial charge in [0, 0.05) is 31.3 Å². The van der Waals surface area contributed by atoms with Crippen molar-refractivity contribution in [1.82, 2.24) is 10.2 Å². The van der Waals surface area contributed by atoms with E-state index in [0.29, 0.717) is 23.5 Å². The van der Waals surface area contributed by atoms with Gasteiger partial charge in [0.15, 0.2) is 0 Å². The molecule has 1 aromatic carbocycles. The Balaban J connectivity index is 1.95. The van der Waals surface area contributed by atoms with Gasteiger partial charge < -0.3 is 10.2 Å². The highest BCUT2D eigenvalue weighted by atomic mass is 35.5. The minimum atomic E-state index is -0.428. The first kappa shape index (κ1) is 15.2. The third-order valence-electron chi connectivity index (χ3n) is 3.91. The average Bonchev–Trinajstić information content (AvgIpc) is 2.38. The Labute approximate surface area is 124 Å². The third kappa shape index (κ3) is 3.69. The molecular weight excluding hydrogens is 278 g/mol. The normalized spacial score (nSPS) is 23.8. The van der Waals surface area contributed by atoms with E-state index in [1.165, 1.54) is 12.1 Å². The zero-order chi connectivity index (χ0) is 14.7. The molecule has 110 valence electrons. The first-order chi connectivity index (χ1) is 9.47. The van der Waals surface area contributed by atoms with Crippen molar-refractivity contribution in [3.63, 3.8) is 0 Å². The molecule has 1 saturated heterocycles. The van der Waals surface area contributed by atoms with E-state index in [4.69, 9.17) is 11.6 Å². The van der Waals surface area contributed by atoms with Gasteiger partial charge in [-0.2, -0.15) is 0 Å². The summed E-state index contributed by atoms with van der Waals surface area (Å²) in [6.07, 6.45) is 1.11. The fourth-order valence-corrected chi connectivity index (χ4v) is 2.93. The topological polar surface area (TPSA) is 58.4 Å². The van der Waals surface area contributed by atoms with E-state index in [9.17, 15) is 10.1 Å². The summed E-state index contributed by atoms with van der Waals surface area (Å²) >= 11 is 6.10. The fraction of sp³-hybridized carbons (Fsp3) is 0.571. The Hall–Kier alpha value is -1.17. The summed E-state index contributed by atoms with van der Waals surface area (Å²) in [5.74, 6) is 0.588. The molecule has 1 N–H and O–H groups in total. The van der Waals surface area contributed by atoms with Crippen LogP contribution in [0, 0.1) is 16.0 Å². The SMILES string of the molecule is CC1CN(C)CCC1NCc1ccc([N+](=O)[O-])cc1Cl. The molecule has 1 heterocycles. The van der Waals surface area contributed by atoms with Crippen LogP contribution in [0.5, 0.6) is 0 Å². The first-order valence-electron chi connectivity index (χ1n) is 6.82. The minimum absolute atomic E-state index is 0.0337. The van der Waals surface area contributed by atoms with E-state index in [0.717, 1.165) is 25.1 Å². The lowest BCUT2D eigenvalue weighted by Crippen LogP contribution is -2.46. The van der Waals surface area contributed by atoms with Gasteiger partial charge in [-0.05, 0) is 37.6 Å². The molecule has 0 radical (unpaired) electrons. The Bertz CT molecular complexity index is 495. The lowest BCUT2D eigenvalue weighted by molar-refractivity contribution is -0.384. The molecule has 20 heavy (non-hydrogen) atoms. The van der Waals surface area contributed by atoms with Crippen molar-refractivity contribution in [2.75, 3.05) is 20.1 Å². The number of nitro benzene ring substituents is 1. The number of hydrogen-bond donors (Lipinski definition) is 1. The van der Waals surface area contributed by atoms with Gasteiger partial charge in [-0.25, -0.2) is 0 Å². The summed E-state index contributed by atoms with van der Waals surface area (Å²) in [7, 11) is 2.14. The van der Waals surface area contributed by atoms with Crippen LogP contribution in [0.3, 0.4) is 0 Å². The number of piperidine rings is 1. The van der Waals surface area contributed by atoms with Crippen LogP contribution in [0.25, 0.3) is 0 Å². The molecule has 2 rings (SSSR count). The predicted octanol–water partition coefficient (Wildman–Crippen LogP) is 2.68. The van der Waals surface area contributed by atoms with Gasteiger partial charge in [-0.3, -0.25) is 10.1 Å². The molecule has 2 atom stereocenters.